The molecule has 2 atom stereocenters. The first-order chi connectivity index (χ1) is 6.74. The van der Waals surface area contributed by atoms with E-state index in [1.165, 1.54) is 0 Å². The van der Waals surface area contributed by atoms with Gasteiger partial charge in [0.2, 0.25) is 5.91 Å². The molecule has 0 bridgehead atoms. The Labute approximate surface area is 84.9 Å². The molecule has 1 saturated carbocycles. The highest BCUT2D eigenvalue weighted by atomic mass is 16.3. The van der Waals surface area contributed by atoms with Gasteiger partial charge < -0.3 is 10.4 Å². The van der Waals surface area contributed by atoms with E-state index in [-0.39, 0.29) is 18.4 Å². The van der Waals surface area contributed by atoms with Crippen molar-refractivity contribution in [1.29, 1.82) is 0 Å². The van der Waals surface area contributed by atoms with E-state index in [1.807, 2.05) is 0 Å². The summed E-state index contributed by atoms with van der Waals surface area (Å²) in [5.74, 6) is 2.14. The lowest BCUT2D eigenvalue weighted by atomic mass is 10.1. The fourth-order valence-electron chi connectivity index (χ4n) is 1.81. The Kier molecular flexibility index (Phi) is 4.48. The Balaban J connectivity index is 2.40. The number of rotatable bonds is 2. The van der Waals surface area contributed by atoms with E-state index in [9.17, 15) is 9.90 Å². The molecule has 0 aliphatic heterocycles. The molecule has 0 aromatic heterocycles. The van der Waals surface area contributed by atoms with Crippen molar-refractivity contribution in [2.45, 2.75) is 50.7 Å². The van der Waals surface area contributed by atoms with Gasteiger partial charge >= 0.3 is 0 Å². The van der Waals surface area contributed by atoms with Crippen molar-refractivity contribution in [3.05, 3.63) is 0 Å². The lowest BCUT2D eigenvalue weighted by molar-refractivity contribution is -0.121. The molecule has 3 heteroatoms. The molecule has 3 nitrogen and oxygen atoms in total. The fourth-order valence-corrected chi connectivity index (χ4v) is 1.81. The van der Waals surface area contributed by atoms with E-state index in [0.717, 1.165) is 32.1 Å². The average molecular weight is 195 g/mol. The van der Waals surface area contributed by atoms with Crippen molar-refractivity contribution in [3.63, 3.8) is 0 Å². The van der Waals surface area contributed by atoms with Gasteiger partial charge in [0.15, 0.2) is 0 Å². The average Bonchev–Trinajstić information content (AvgIpc) is 2.33. The molecule has 0 saturated heterocycles. The maximum Gasteiger partial charge on any atom is 0.232 e. The quantitative estimate of drug-likeness (QED) is 0.506. The molecule has 0 radical (unpaired) electrons. The van der Waals surface area contributed by atoms with E-state index in [4.69, 9.17) is 6.42 Å². The molecule has 0 aromatic carbocycles. The van der Waals surface area contributed by atoms with Crippen LogP contribution in [0.15, 0.2) is 0 Å². The predicted octanol–water partition coefficient (Wildman–Crippen LogP) is 0.820. The smallest absolute Gasteiger partial charge is 0.232 e. The zero-order valence-corrected chi connectivity index (χ0v) is 8.33. The van der Waals surface area contributed by atoms with E-state index < -0.39 is 6.10 Å². The second kappa shape index (κ2) is 5.66. The third-order valence-electron chi connectivity index (χ3n) is 2.59. The predicted molar refractivity (Wildman–Crippen MR) is 54.5 cm³/mol. The Morgan fingerprint density at radius 2 is 2.14 bits per heavy atom. The van der Waals surface area contributed by atoms with E-state index in [0.29, 0.717) is 0 Å². The standard InChI is InChI=1S/C11H17NO2/c1-2-6-11(14)12-9-7-4-3-5-8-10(9)13/h1,9-10,13H,3-8H2,(H,12,14). The Morgan fingerprint density at radius 3 is 2.86 bits per heavy atom. The minimum atomic E-state index is -0.403. The summed E-state index contributed by atoms with van der Waals surface area (Å²) in [5, 5.41) is 12.5. The molecule has 1 rings (SSSR count). The van der Waals surface area contributed by atoms with Crippen LogP contribution in [0.3, 0.4) is 0 Å². The number of nitrogens with one attached hydrogen (secondary N) is 1. The molecule has 0 spiro atoms. The SMILES string of the molecule is C#CCC(=O)NC1CCCCCC1O. The van der Waals surface area contributed by atoms with Crippen LogP contribution in [0.4, 0.5) is 0 Å². The van der Waals surface area contributed by atoms with E-state index in [1.54, 1.807) is 0 Å². The second-order valence-electron chi connectivity index (χ2n) is 3.76. The van der Waals surface area contributed by atoms with Crippen molar-refractivity contribution >= 4 is 5.91 Å². The maximum atomic E-state index is 11.2. The van der Waals surface area contributed by atoms with Gasteiger partial charge in [0.1, 0.15) is 0 Å². The van der Waals surface area contributed by atoms with Crippen LogP contribution in [0.1, 0.15) is 38.5 Å². The summed E-state index contributed by atoms with van der Waals surface area (Å²) < 4.78 is 0. The number of hydrogen-bond acceptors (Lipinski definition) is 2. The van der Waals surface area contributed by atoms with Crippen LogP contribution < -0.4 is 5.32 Å². The maximum absolute atomic E-state index is 11.2. The van der Waals surface area contributed by atoms with Crippen molar-refractivity contribution in [1.82, 2.24) is 5.32 Å². The molecule has 1 amide bonds. The number of carbonyl (C=O) groups is 1. The molecule has 1 fully saturated rings. The number of aliphatic hydroxyl groups is 1. The van der Waals surface area contributed by atoms with E-state index >= 15 is 0 Å². The summed E-state index contributed by atoms with van der Waals surface area (Å²) in [4.78, 5) is 11.2. The first kappa shape index (κ1) is 11.1. The highest BCUT2D eigenvalue weighted by Gasteiger charge is 2.22. The molecule has 14 heavy (non-hydrogen) atoms. The van der Waals surface area contributed by atoms with Gasteiger partial charge in [-0.1, -0.05) is 25.2 Å². The summed E-state index contributed by atoms with van der Waals surface area (Å²) in [6.07, 6.45) is 9.61. The lowest BCUT2D eigenvalue weighted by Gasteiger charge is -2.21. The summed E-state index contributed by atoms with van der Waals surface area (Å²) in [6, 6.07) is -0.0988. The lowest BCUT2D eigenvalue weighted by Crippen LogP contribution is -2.42. The van der Waals surface area contributed by atoms with Gasteiger partial charge in [-0.3, -0.25) is 4.79 Å². The van der Waals surface area contributed by atoms with Gasteiger partial charge in [-0.25, -0.2) is 0 Å². The normalized spacial score (nSPS) is 27.4. The zero-order chi connectivity index (χ0) is 10.4. The minimum absolute atomic E-state index is 0.0988. The first-order valence-corrected chi connectivity index (χ1v) is 5.15. The van der Waals surface area contributed by atoms with Crippen molar-refractivity contribution in [3.8, 4) is 12.3 Å². The summed E-state index contributed by atoms with van der Waals surface area (Å²) in [5.41, 5.74) is 0. The van der Waals surface area contributed by atoms with Gasteiger partial charge in [0.05, 0.1) is 18.6 Å². The third-order valence-corrected chi connectivity index (χ3v) is 2.59. The minimum Gasteiger partial charge on any atom is -0.391 e. The number of terminal acetylenes is 1. The molecule has 0 aromatic rings. The molecule has 0 heterocycles. The molecular formula is C11H17NO2. The van der Waals surface area contributed by atoms with Crippen molar-refractivity contribution in [2.75, 3.05) is 0 Å². The fraction of sp³-hybridized carbons (Fsp3) is 0.727. The van der Waals surface area contributed by atoms with Gasteiger partial charge in [-0.2, -0.15) is 0 Å². The van der Waals surface area contributed by atoms with Gasteiger partial charge in [0, 0.05) is 0 Å². The van der Waals surface area contributed by atoms with Crippen LogP contribution in [-0.4, -0.2) is 23.2 Å². The molecule has 78 valence electrons. The molecule has 1 aliphatic rings. The molecular weight excluding hydrogens is 178 g/mol. The first-order valence-electron chi connectivity index (χ1n) is 5.15. The van der Waals surface area contributed by atoms with E-state index in [2.05, 4.69) is 11.2 Å². The monoisotopic (exact) mass is 195 g/mol. The van der Waals surface area contributed by atoms with Crippen LogP contribution in [-0.2, 0) is 4.79 Å². The van der Waals surface area contributed by atoms with Crippen LogP contribution in [0.5, 0.6) is 0 Å². The number of aliphatic hydroxyl groups excluding tert-OH is 1. The van der Waals surface area contributed by atoms with Gasteiger partial charge in [0.25, 0.3) is 0 Å². The Bertz CT molecular complexity index is 232. The number of amides is 1. The number of carbonyl (C=O) groups excluding carboxylic acids is 1. The molecule has 2 unspecified atom stereocenters. The summed E-state index contributed by atoms with van der Waals surface area (Å²) in [7, 11) is 0. The summed E-state index contributed by atoms with van der Waals surface area (Å²) >= 11 is 0. The molecule has 2 N–H and O–H groups in total. The van der Waals surface area contributed by atoms with Gasteiger partial charge in [-0.05, 0) is 12.8 Å². The largest absolute Gasteiger partial charge is 0.391 e. The van der Waals surface area contributed by atoms with Crippen molar-refractivity contribution < 1.29 is 9.90 Å². The molecule has 1 aliphatic carbocycles. The summed E-state index contributed by atoms with van der Waals surface area (Å²) in [6.45, 7) is 0. The van der Waals surface area contributed by atoms with Crippen LogP contribution in [0.25, 0.3) is 0 Å². The number of hydrogen-bond donors (Lipinski definition) is 2. The second-order valence-corrected chi connectivity index (χ2v) is 3.76. The Morgan fingerprint density at radius 1 is 1.43 bits per heavy atom. The van der Waals surface area contributed by atoms with Crippen LogP contribution in [0, 0.1) is 12.3 Å². The highest BCUT2D eigenvalue weighted by Crippen LogP contribution is 2.17. The Hall–Kier alpha value is -1.01. The zero-order valence-electron chi connectivity index (χ0n) is 8.33. The third kappa shape index (κ3) is 3.39. The van der Waals surface area contributed by atoms with Crippen molar-refractivity contribution in [2.24, 2.45) is 0 Å². The van der Waals surface area contributed by atoms with Gasteiger partial charge in [-0.15, -0.1) is 6.42 Å². The van der Waals surface area contributed by atoms with Crippen LogP contribution in [0.2, 0.25) is 0 Å². The topological polar surface area (TPSA) is 49.3 Å². The van der Waals surface area contributed by atoms with Crippen LogP contribution >= 0.6 is 0 Å². The highest BCUT2D eigenvalue weighted by molar-refractivity contribution is 5.78.